The van der Waals surface area contributed by atoms with Crippen molar-refractivity contribution in [1.29, 1.82) is 0 Å². The SMILES string of the molecule is CCC(CCCBr)C1OCCO1. The van der Waals surface area contributed by atoms with E-state index in [-0.39, 0.29) is 6.29 Å². The van der Waals surface area contributed by atoms with Gasteiger partial charge in [-0.05, 0) is 19.3 Å². The molecule has 0 aromatic rings. The topological polar surface area (TPSA) is 18.5 Å². The first-order valence-electron chi connectivity index (χ1n) is 4.67. The predicted molar refractivity (Wildman–Crippen MR) is 52.5 cm³/mol. The van der Waals surface area contributed by atoms with Gasteiger partial charge in [-0.25, -0.2) is 0 Å². The van der Waals surface area contributed by atoms with Crippen molar-refractivity contribution >= 4 is 15.9 Å². The summed E-state index contributed by atoms with van der Waals surface area (Å²) in [4.78, 5) is 0. The fourth-order valence-electron chi connectivity index (χ4n) is 1.52. The second kappa shape index (κ2) is 5.95. The fourth-order valence-corrected chi connectivity index (χ4v) is 1.84. The normalized spacial score (nSPS) is 21.5. The van der Waals surface area contributed by atoms with Gasteiger partial charge in [0.1, 0.15) is 0 Å². The van der Waals surface area contributed by atoms with Crippen LogP contribution in [0.15, 0.2) is 0 Å². The van der Waals surface area contributed by atoms with Gasteiger partial charge in [0.2, 0.25) is 0 Å². The Balaban J connectivity index is 2.22. The van der Waals surface area contributed by atoms with Crippen LogP contribution >= 0.6 is 15.9 Å². The molecule has 1 saturated heterocycles. The smallest absolute Gasteiger partial charge is 0.160 e. The van der Waals surface area contributed by atoms with Crippen LogP contribution in [0.3, 0.4) is 0 Å². The van der Waals surface area contributed by atoms with Crippen molar-refractivity contribution in [2.24, 2.45) is 5.92 Å². The van der Waals surface area contributed by atoms with E-state index in [0.29, 0.717) is 5.92 Å². The maximum Gasteiger partial charge on any atom is 0.160 e. The molecule has 12 heavy (non-hydrogen) atoms. The van der Waals surface area contributed by atoms with Crippen LogP contribution in [0.25, 0.3) is 0 Å². The van der Waals surface area contributed by atoms with Gasteiger partial charge in [0.15, 0.2) is 6.29 Å². The number of rotatable bonds is 5. The summed E-state index contributed by atoms with van der Waals surface area (Å²) in [7, 11) is 0. The Morgan fingerprint density at radius 2 is 2.08 bits per heavy atom. The largest absolute Gasteiger partial charge is 0.350 e. The number of ether oxygens (including phenoxy) is 2. The third-order valence-corrected chi connectivity index (χ3v) is 2.83. The molecule has 0 saturated carbocycles. The highest BCUT2D eigenvalue weighted by Crippen LogP contribution is 2.22. The molecule has 72 valence electrons. The monoisotopic (exact) mass is 236 g/mol. The molecule has 1 aliphatic rings. The van der Waals surface area contributed by atoms with Crippen LogP contribution in [0, 0.1) is 5.92 Å². The van der Waals surface area contributed by atoms with Crippen molar-refractivity contribution in [3.8, 4) is 0 Å². The van der Waals surface area contributed by atoms with Crippen LogP contribution in [-0.2, 0) is 9.47 Å². The number of halogens is 1. The van der Waals surface area contributed by atoms with Gasteiger partial charge >= 0.3 is 0 Å². The average Bonchev–Trinajstić information content (AvgIpc) is 2.59. The summed E-state index contributed by atoms with van der Waals surface area (Å²) in [6.07, 6.45) is 3.64. The summed E-state index contributed by atoms with van der Waals surface area (Å²) in [5, 5.41) is 1.08. The molecule has 0 aliphatic carbocycles. The maximum atomic E-state index is 5.47. The van der Waals surface area contributed by atoms with Crippen LogP contribution in [0.4, 0.5) is 0 Å². The third kappa shape index (κ3) is 3.04. The Labute approximate surface area is 82.7 Å². The van der Waals surface area contributed by atoms with E-state index < -0.39 is 0 Å². The highest BCUT2D eigenvalue weighted by Gasteiger charge is 2.24. The second-order valence-electron chi connectivity index (χ2n) is 3.11. The molecule has 1 heterocycles. The Hall–Kier alpha value is 0.400. The molecular weight excluding hydrogens is 220 g/mol. The van der Waals surface area contributed by atoms with E-state index in [1.165, 1.54) is 12.8 Å². The summed E-state index contributed by atoms with van der Waals surface area (Å²) in [5.74, 6) is 0.588. The summed E-state index contributed by atoms with van der Waals surface area (Å²) in [6, 6.07) is 0. The van der Waals surface area contributed by atoms with Crippen LogP contribution < -0.4 is 0 Å². The second-order valence-corrected chi connectivity index (χ2v) is 3.90. The van der Waals surface area contributed by atoms with Crippen molar-refractivity contribution in [1.82, 2.24) is 0 Å². The molecule has 3 heteroatoms. The van der Waals surface area contributed by atoms with Crippen molar-refractivity contribution < 1.29 is 9.47 Å². The lowest BCUT2D eigenvalue weighted by molar-refractivity contribution is -0.0863. The first kappa shape index (κ1) is 10.5. The lowest BCUT2D eigenvalue weighted by atomic mass is 10.0. The molecule has 2 nitrogen and oxygen atoms in total. The number of alkyl halides is 1. The van der Waals surface area contributed by atoms with E-state index in [0.717, 1.165) is 25.0 Å². The molecule has 1 rings (SSSR count). The Bertz CT molecular complexity index is 113. The molecule has 0 aromatic carbocycles. The van der Waals surface area contributed by atoms with E-state index in [2.05, 4.69) is 22.9 Å². The van der Waals surface area contributed by atoms with Crippen molar-refractivity contribution in [3.63, 3.8) is 0 Å². The third-order valence-electron chi connectivity index (χ3n) is 2.27. The zero-order valence-corrected chi connectivity index (χ0v) is 9.18. The van der Waals surface area contributed by atoms with E-state index in [9.17, 15) is 0 Å². The zero-order chi connectivity index (χ0) is 8.81. The molecule has 1 unspecified atom stereocenters. The molecule has 0 amide bonds. The number of hydrogen-bond donors (Lipinski definition) is 0. The average molecular weight is 237 g/mol. The van der Waals surface area contributed by atoms with E-state index in [1.54, 1.807) is 0 Å². The molecule has 0 aromatic heterocycles. The lowest BCUT2D eigenvalue weighted by Crippen LogP contribution is -2.20. The van der Waals surface area contributed by atoms with Crippen LogP contribution in [0.1, 0.15) is 26.2 Å². The predicted octanol–water partition coefficient (Wildman–Crippen LogP) is 2.56. The quantitative estimate of drug-likeness (QED) is 0.684. The summed E-state index contributed by atoms with van der Waals surface area (Å²) in [5.41, 5.74) is 0. The van der Waals surface area contributed by atoms with E-state index in [4.69, 9.17) is 9.47 Å². The Morgan fingerprint density at radius 1 is 1.42 bits per heavy atom. The Kier molecular flexibility index (Phi) is 5.19. The summed E-state index contributed by atoms with van der Waals surface area (Å²) in [6.45, 7) is 3.74. The minimum absolute atomic E-state index is 0.0778. The van der Waals surface area contributed by atoms with Crippen LogP contribution in [0.5, 0.6) is 0 Å². The minimum Gasteiger partial charge on any atom is -0.350 e. The van der Waals surface area contributed by atoms with Gasteiger partial charge in [0.05, 0.1) is 13.2 Å². The Morgan fingerprint density at radius 3 is 2.58 bits per heavy atom. The fraction of sp³-hybridized carbons (Fsp3) is 1.00. The zero-order valence-electron chi connectivity index (χ0n) is 7.59. The minimum atomic E-state index is 0.0778. The van der Waals surface area contributed by atoms with Crippen LogP contribution in [-0.4, -0.2) is 24.8 Å². The van der Waals surface area contributed by atoms with Gasteiger partial charge < -0.3 is 9.47 Å². The first-order valence-corrected chi connectivity index (χ1v) is 5.79. The molecule has 1 aliphatic heterocycles. The van der Waals surface area contributed by atoms with Gasteiger partial charge in [-0.1, -0.05) is 22.9 Å². The van der Waals surface area contributed by atoms with Crippen molar-refractivity contribution in [2.45, 2.75) is 32.5 Å². The standard InChI is InChI=1S/C9H17BrO2/c1-2-8(4-3-5-10)9-11-6-7-12-9/h8-9H,2-7H2,1H3. The van der Waals surface area contributed by atoms with E-state index in [1.807, 2.05) is 0 Å². The summed E-state index contributed by atoms with van der Waals surface area (Å²) < 4.78 is 10.9. The number of hydrogen-bond acceptors (Lipinski definition) is 2. The van der Waals surface area contributed by atoms with Gasteiger partial charge in [-0.15, -0.1) is 0 Å². The summed E-state index contributed by atoms with van der Waals surface area (Å²) >= 11 is 3.43. The van der Waals surface area contributed by atoms with Gasteiger partial charge in [-0.3, -0.25) is 0 Å². The van der Waals surface area contributed by atoms with Crippen molar-refractivity contribution in [3.05, 3.63) is 0 Å². The van der Waals surface area contributed by atoms with Crippen molar-refractivity contribution in [2.75, 3.05) is 18.5 Å². The first-order chi connectivity index (χ1) is 5.88. The lowest BCUT2D eigenvalue weighted by Gasteiger charge is -2.19. The van der Waals surface area contributed by atoms with E-state index >= 15 is 0 Å². The maximum absolute atomic E-state index is 5.47. The molecule has 1 atom stereocenters. The molecule has 0 spiro atoms. The molecule has 0 radical (unpaired) electrons. The van der Waals surface area contributed by atoms with Gasteiger partial charge in [0, 0.05) is 11.2 Å². The molecule has 0 N–H and O–H groups in total. The highest BCUT2D eigenvalue weighted by atomic mass is 79.9. The molecule has 1 fully saturated rings. The molecular formula is C9H17BrO2. The molecule has 0 bridgehead atoms. The van der Waals surface area contributed by atoms with Crippen LogP contribution in [0.2, 0.25) is 0 Å². The van der Waals surface area contributed by atoms with Gasteiger partial charge in [-0.2, -0.15) is 0 Å². The van der Waals surface area contributed by atoms with Gasteiger partial charge in [0.25, 0.3) is 0 Å². The highest BCUT2D eigenvalue weighted by molar-refractivity contribution is 9.09.